The van der Waals surface area contributed by atoms with Crippen LogP contribution in [0.3, 0.4) is 0 Å². The Morgan fingerprint density at radius 3 is 2.44 bits per heavy atom. The highest BCUT2D eigenvalue weighted by Gasteiger charge is 2.34. The fraction of sp³-hybridized carbons (Fsp3) is 0.895. The molecule has 0 N–H and O–H groups in total. The maximum absolute atomic E-state index is 12.0. The van der Waals surface area contributed by atoms with Crippen LogP contribution in [0.1, 0.15) is 72.6 Å². The Hall–Kier alpha value is -1.14. The van der Waals surface area contributed by atoms with Gasteiger partial charge in [0.2, 0.25) is 0 Å². The van der Waals surface area contributed by atoms with Gasteiger partial charge in [-0.05, 0) is 33.6 Å². The first-order valence-electron chi connectivity index (χ1n) is 9.70. The van der Waals surface area contributed by atoms with Crippen LogP contribution in [0.2, 0.25) is 0 Å². The Labute approximate surface area is 152 Å². The summed E-state index contributed by atoms with van der Waals surface area (Å²) in [4.78, 5) is 26.2. The zero-order chi connectivity index (χ0) is 18.7. The number of ether oxygens (including phenoxy) is 3. The molecule has 0 aromatic carbocycles. The first-order valence-corrected chi connectivity index (χ1v) is 9.70. The van der Waals surface area contributed by atoms with Crippen molar-refractivity contribution in [3.05, 3.63) is 0 Å². The number of esters is 2. The van der Waals surface area contributed by atoms with E-state index in [2.05, 4.69) is 11.8 Å². The van der Waals surface area contributed by atoms with E-state index in [-0.39, 0.29) is 30.1 Å². The highest BCUT2D eigenvalue weighted by Crippen LogP contribution is 2.26. The third-order valence-electron chi connectivity index (χ3n) is 4.61. The van der Waals surface area contributed by atoms with Crippen LogP contribution in [0.15, 0.2) is 0 Å². The molecular weight excluding hydrogens is 322 g/mol. The summed E-state index contributed by atoms with van der Waals surface area (Å²) < 4.78 is 16.1. The highest BCUT2D eigenvalue weighted by atomic mass is 16.5. The second kappa shape index (κ2) is 12.3. The van der Waals surface area contributed by atoms with Crippen LogP contribution in [-0.4, -0.2) is 55.0 Å². The van der Waals surface area contributed by atoms with Crippen molar-refractivity contribution in [3.8, 4) is 0 Å². The second-order valence-electron chi connectivity index (χ2n) is 6.68. The molecule has 1 heterocycles. The second-order valence-corrected chi connectivity index (χ2v) is 6.68. The smallest absolute Gasteiger partial charge is 0.307 e. The Balaban J connectivity index is 2.80. The Kier molecular flexibility index (Phi) is 10.7. The van der Waals surface area contributed by atoms with Gasteiger partial charge in [0.05, 0.1) is 38.9 Å². The van der Waals surface area contributed by atoms with Gasteiger partial charge >= 0.3 is 11.9 Å². The molecule has 3 atom stereocenters. The van der Waals surface area contributed by atoms with Crippen molar-refractivity contribution in [2.24, 2.45) is 0 Å². The molecule has 0 aromatic rings. The number of hydrogen-bond donors (Lipinski definition) is 0. The largest absolute Gasteiger partial charge is 0.466 e. The maximum Gasteiger partial charge on any atom is 0.307 e. The molecule has 1 rings (SSSR count). The lowest BCUT2D eigenvalue weighted by Crippen LogP contribution is -2.51. The van der Waals surface area contributed by atoms with E-state index in [1.807, 2.05) is 20.8 Å². The molecule has 0 saturated carbocycles. The number of nitrogens with zero attached hydrogens (tertiary/aromatic N) is 1. The molecule has 1 fully saturated rings. The first-order chi connectivity index (χ1) is 12.0. The van der Waals surface area contributed by atoms with Gasteiger partial charge in [-0.2, -0.15) is 0 Å². The molecule has 146 valence electrons. The van der Waals surface area contributed by atoms with E-state index < -0.39 is 0 Å². The summed E-state index contributed by atoms with van der Waals surface area (Å²) in [7, 11) is 0. The molecule has 6 nitrogen and oxygen atoms in total. The quantitative estimate of drug-likeness (QED) is 0.418. The predicted octanol–water partition coefficient (Wildman–Crippen LogP) is 3.28. The monoisotopic (exact) mass is 357 g/mol. The van der Waals surface area contributed by atoms with Crippen molar-refractivity contribution in [3.63, 3.8) is 0 Å². The van der Waals surface area contributed by atoms with E-state index in [4.69, 9.17) is 14.2 Å². The summed E-state index contributed by atoms with van der Waals surface area (Å²) >= 11 is 0. The molecule has 6 heteroatoms. The molecule has 0 radical (unpaired) electrons. The van der Waals surface area contributed by atoms with Gasteiger partial charge in [0, 0.05) is 12.1 Å². The summed E-state index contributed by atoms with van der Waals surface area (Å²) in [6, 6.07) is 0.0846. The highest BCUT2D eigenvalue weighted by molar-refractivity contribution is 5.71. The van der Waals surface area contributed by atoms with Crippen molar-refractivity contribution in [1.29, 1.82) is 0 Å². The fourth-order valence-corrected chi connectivity index (χ4v) is 3.35. The third-order valence-corrected chi connectivity index (χ3v) is 4.61. The normalized spacial score (nSPS) is 22.4. The first kappa shape index (κ1) is 21.9. The van der Waals surface area contributed by atoms with E-state index in [9.17, 15) is 9.59 Å². The van der Waals surface area contributed by atoms with Crippen molar-refractivity contribution in [2.45, 2.75) is 90.8 Å². The van der Waals surface area contributed by atoms with Gasteiger partial charge in [-0.1, -0.05) is 26.2 Å². The lowest BCUT2D eigenvalue weighted by atomic mass is 9.97. The van der Waals surface area contributed by atoms with Crippen LogP contribution in [0.5, 0.6) is 0 Å². The SMILES string of the molecule is CCCCC[C@H](CC(=O)OCC)N1CO[C@@H](C)C[C@H]1CC(=O)OCC. The number of carbonyl (C=O) groups excluding carboxylic acids is 2. The summed E-state index contributed by atoms with van der Waals surface area (Å²) in [5.74, 6) is -0.368. The lowest BCUT2D eigenvalue weighted by molar-refractivity contribution is -0.154. The van der Waals surface area contributed by atoms with Crippen LogP contribution in [0, 0.1) is 0 Å². The molecule has 1 saturated heterocycles. The van der Waals surface area contributed by atoms with Crippen LogP contribution in [0.25, 0.3) is 0 Å². The topological polar surface area (TPSA) is 65.1 Å². The molecule has 0 bridgehead atoms. The van der Waals surface area contributed by atoms with Crippen LogP contribution in [-0.2, 0) is 23.8 Å². The van der Waals surface area contributed by atoms with Gasteiger partial charge < -0.3 is 14.2 Å². The predicted molar refractivity (Wildman–Crippen MR) is 96.1 cm³/mol. The summed E-state index contributed by atoms with van der Waals surface area (Å²) in [6.07, 6.45) is 5.78. The zero-order valence-electron chi connectivity index (χ0n) is 16.3. The van der Waals surface area contributed by atoms with Crippen molar-refractivity contribution in [2.75, 3.05) is 19.9 Å². The fourth-order valence-electron chi connectivity index (χ4n) is 3.35. The van der Waals surface area contributed by atoms with E-state index >= 15 is 0 Å². The Bertz CT molecular complexity index is 401. The zero-order valence-corrected chi connectivity index (χ0v) is 16.3. The minimum absolute atomic E-state index is 0.0394. The molecule has 0 spiro atoms. The minimum atomic E-state index is -0.185. The number of hydrogen-bond acceptors (Lipinski definition) is 6. The van der Waals surface area contributed by atoms with Gasteiger partial charge in [0.25, 0.3) is 0 Å². The van der Waals surface area contributed by atoms with Crippen LogP contribution < -0.4 is 0 Å². The van der Waals surface area contributed by atoms with Crippen molar-refractivity contribution >= 4 is 11.9 Å². The van der Waals surface area contributed by atoms with Crippen molar-refractivity contribution < 1.29 is 23.8 Å². The standard InChI is InChI=1S/C19H35NO5/c1-5-8-9-10-16(12-18(21)23-6-2)20-14-25-15(4)11-17(20)13-19(22)24-7-3/h15-17H,5-14H2,1-4H3/t15-,16+,17-/m0/s1. The third kappa shape index (κ3) is 8.19. The van der Waals surface area contributed by atoms with E-state index in [1.165, 1.54) is 0 Å². The Morgan fingerprint density at radius 1 is 1.12 bits per heavy atom. The average Bonchev–Trinajstić information content (AvgIpc) is 2.55. The lowest BCUT2D eigenvalue weighted by Gasteiger charge is -2.42. The maximum atomic E-state index is 12.0. The molecule has 25 heavy (non-hydrogen) atoms. The van der Waals surface area contributed by atoms with Crippen molar-refractivity contribution in [1.82, 2.24) is 4.90 Å². The number of rotatable bonds is 11. The van der Waals surface area contributed by atoms with Gasteiger partial charge in [0.1, 0.15) is 0 Å². The molecule has 0 unspecified atom stereocenters. The molecule has 0 aromatic heterocycles. The number of carbonyl (C=O) groups is 2. The summed E-state index contributed by atoms with van der Waals surface area (Å²) in [5, 5.41) is 0. The molecule has 0 amide bonds. The van der Waals surface area contributed by atoms with Crippen LogP contribution in [0.4, 0.5) is 0 Å². The number of unbranched alkanes of at least 4 members (excludes halogenated alkanes) is 2. The van der Waals surface area contributed by atoms with Crippen LogP contribution >= 0.6 is 0 Å². The molecule has 1 aliphatic heterocycles. The molecular formula is C19H35NO5. The molecule has 1 aliphatic rings. The average molecular weight is 357 g/mol. The van der Waals surface area contributed by atoms with Gasteiger partial charge in [-0.3, -0.25) is 14.5 Å². The van der Waals surface area contributed by atoms with E-state index in [0.717, 1.165) is 32.1 Å². The van der Waals surface area contributed by atoms with E-state index in [0.29, 0.717) is 32.8 Å². The minimum Gasteiger partial charge on any atom is -0.466 e. The Morgan fingerprint density at radius 2 is 1.80 bits per heavy atom. The van der Waals surface area contributed by atoms with Gasteiger partial charge in [-0.25, -0.2) is 0 Å². The van der Waals surface area contributed by atoms with E-state index in [1.54, 1.807) is 0 Å². The van der Waals surface area contributed by atoms with Gasteiger partial charge in [0.15, 0.2) is 0 Å². The molecule has 0 aliphatic carbocycles. The van der Waals surface area contributed by atoms with Gasteiger partial charge in [-0.15, -0.1) is 0 Å². The summed E-state index contributed by atoms with van der Waals surface area (Å²) in [6.45, 7) is 9.04. The summed E-state index contributed by atoms with van der Waals surface area (Å²) in [5.41, 5.74) is 0.